The van der Waals surface area contributed by atoms with E-state index in [2.05, 4.69) is 184 Å². The van der Waals surface area contributed by atoms with Crippen LogP contribution in [0.2, 0.25) is 0 Å². The molecule has 0 fully saturated rings. The molecule has 10 aromatic rings. The first-order chi connectivity index (χ1) is 33.7. The molecular weight excluding hydrogens is 817 g/mol. The summed E-state index contributed by atoms with van der Waals surface area (Å²) < 4.78 is 0. The van der Waals surface area contributed by atoms with Crippen molar-refractivity contribution >= 4 is 32.7 Å². The second-order valence-electron chi connectivity index (χ2n) is 20.9. The number of unbranched alkanes of at least 4 members (excludes halogenated alkanes) is 2. The van der Waals surface area contributed by atoms with Crippen molar-refractivity contribution in [1.29, 1.82) is 0 Å². The Bertz CT molecular complexity index is 3850. The Balaban J connectivity index is 1.17. The van der Waals surface area contributed by atoms with Gasteiger partial charge in [0, 0.05) is 10.8 Å². The lowest BCUT2D eigenvalue weighted by Crippen LogP contribution is -2.50. The Hall–Kier alpha value is -7.54. The zero-order valence-corrected chi connectivity index (χ0v) is 38.4. The first-order valence-electron chi connectivity index (χ1n) is 25.4. The lowest BCUT2D eigenvalue weighted by Gasteiger charge is -2.53. The molecular formula is C68H46. The fourth-order valence-corrected chi connectivity index (χ4v) is 16.0. The van der Waals surface area contributed by atoms with Gasteiger partial charge in [-0.05, 0) is 203 Å². The average molecular weight is 863 g/mol. The summed E-state index contributed by atoms with van der Waals surface area (Å²) in [4.78, 5) is 0. The van der Waals surface area contributed by atoms with E-state index < -0.39 is 0 Å². The second kappa shape index (κ2) is 12.3. The summed E-state index contributed by atoms with van der Waals surface area (Å²) in [7, 11) is 0. The molecule has 10 aromatic carbocycles. The van der Waals surface area contributed by atoms with Gasteiger partial charge in [-0.1, -0.05) is 185 Å². The topological polar surface area (TPSA) is 0 Å². The zero-order valence-electron chi connectivity index (χ0n) is 38.4. The van der Waals surface area contributed by atoms with Gasteiger partial charge in [-0.3, -0.25) is 0 Å². The van der Waals surface area contributed by atoms with Crippen LogP contribution in [0.5, 0.6) is 0 Å². The van der Waals surface area contributed by atoms with Crippen LogP contribution < -0.4 is 0 Å². The van der Waals surface area contributed by atoms with Gasteiger partial charge in [-0.2, -0.15) is 0 Å². The third kappa shape index (κ3) is 3.80. The Morgan fingerprint density at radius 3 is 0.941 bits per heavy atom. The van der Waals surface area contributed by atoms with E-state index >= 15 is 0 Å². The predicted octanol–water partition coefficient (Wildman–Crippen LogP) is 18.2. The van der Waals surface area contributed by atoms with Crippen molar-refractivity contribution in [1.82, 2.24) is 0 Å². The summed E-state index contributed by atoms with van der Waals surface area (Å²) in [5.41, 5.74) is 37.6. The molecule has 17 rings (SSSR count). The van der Waals surface area contributed by atoms with Crippen LogP contribution in [0.25, 0.3) is 122 Å². The van der Waals surface area contributed by atoms with E-state index in [1.807, 2.05) is 0 Å². The molecule has 7 aliphatic rings. The van der Waals surface area contributed by atoms with Crippen LogP contribution >= 0.6 is 0 Å². The second-order valence-corrected chi connectivity index (χ2v) is 20.9. The molecule has 0 amide bonds. The number of hydrogen-bond donors (Lipinski definition) is 0. The van der Waals surface area contributed by atoms with E-state index in [0.29, 0.717) is 0 Å². The zero-order chi connectivity index (χ0) is 44.4. The molecule has 7 aliphatic carbocycles. The SMILES string of the molecule is CCCC[C@]12c3ccccc3-c3c4c(c5c(c31)/C(=C1/c3ccccc3-c3c1c1c(c6c3-c3cc7ccccc7cc3-6)-c3ccccc3[C@@]12CCCC)c1ccccc1-5)-c1cc2ccccc2cc1-4. The van der Waals surface area contributed by atoms with Crippen LogP contribution in [0.3, 0.4) is 0 Å². The number of benzene rings is 10. The molecule has 0 saturated carbocycles. The van der Waals surface area contributed by atoms with Gasteiger partial charge in [0.1, 0.15) is 0 Å². The van der Waals surface area contributed by atoms with Crippen LogP contribution in [0.15, 0.2) is 170 Å². The number of fused-ring (bicyclic) bond motifs is 27. The Kier molecular flexibility index (Phi) is 6.62. The van der Waals surface area contributed by atoms with Gasteiger partial charge in [0.15, 0.2) is 0 Å². The third-order valence-electron chi connectivity index (χ3n) is 18.2. The maximum absolute atomic E-state index is 2.60. The van der Waals surface area contributed by atoms with Gasteiger partial charge in [0.25, 0.3) is 0 Å². The lowest BCUT2D eigenvalue weighted by molar-refractivity contribution is 0.267. The summed E-state index contributed by atoms with van der Waals surface area (Å²) in [6.07, 6.45) is 6.74. The Morgan fingerprint density at radius 2 is 0.574 bits per heavy atom. The average Bonchev–Trinajstić information content (AvgIpc) is 4.07. The minimum Gasteiger partial charge on any atom is -0.0654 e. The van der Waals surface area contributed by atoms with Crippen molar-refractivity contribution in [3.05, 3.63) is 214 Å². The lowest BCUT2D eigenvalue weighted by atomic mass is 9.48. The fraction of sp³-hybridized carbons (Fsp3) is 0.147. The van der Waals surface area contributed by atoms with Crippen molar-refractivity contribution in [3.63, 3.8) is 0 Å². The molecule has 0 heteroatoms. The van der Waals surface area contributed by atoms with Crippen LogP contribution in [0.4, 0.5) is 0 Å². The highest BCUT2D eigenvalue weighted by Gasteiger charge is 2.67. The monoisotopic (exact) mass is 862 g/mol. The Morgan fingerprint density at radius 1 is 0.279 bits per heavy atom. The summed E-state index contributed by atoms with van der Waals surface area (Å²) in [5.74, 6) is 0. The smallest absolute Gasteiger partial charge is 0.0359 e. The van der Waals surface area contributed by atoms with Gasteiger partial charge in [0.2, 0.25) is 0 Å². The molecule has 0 aromatic heterocycles. The van der Waals surface area contributed by atoms with Crippen molar-refractivity contribution in [2.45, 2.75) is 63.2 Å². The van der Waals surface area contributed by atoms with E-state index in [-0.39, 0.29) is 10.8 Å². The van der Waals surface area contributed by atoms with Crippen LogP contribution in [0.1, 0.15) is 96.9 Å². The van der Waals surface area contributed by atoms with Gasteiger partial charge in [-0.15, -0.1) is 0 Å². The molecule has 0 aliphatic heterocycles. The van der Waals surface area contributed by atoms with Gasteiger partial charge in [0.05, 0.1) is 0 Å². The first kappa shape index (κ1) is 36.6. The standard InChI is InChI=1S/C68H46/c1-3-5-31-67-51-29-17-15-27-45(51)61-59-49-35-39-21-9-7-19-37(39)33-47(49)57(59)55-43-25-13-11-23-41(43)53(63(55)65(61)67)54-42-24-12-14-26-44(42)56-58-48-34-38-20-8-10-22-40(38)36-50(48)60(58)62-46-28-16-18-30-52(46)68(67,32-6-4-2)66(62)64(54)56/h7-30,33-36H,3-6,31-32H2,1-2H3/b54-53-/t67-,68-/m0/s1. The van der Waals surface area contributed by atoms with E-state index in [0.717, 1.165) is 38.5 Å². The maximum atomic E-state index is 2.60. The Labute approximate surface area is 397 Å². The molecule has 0 radical (unpaired) electrons. The fourth-order valence-electron chi connectivity index (χ4n) is 16.0. The first-order valence-corrected chi connectivity index (χ1v) is 25.4. The minimum atomic E-state index is -0.358. The largest absolute Gasteiger partial charge is 0.0654 e. The van der Waals surface area contributed by atoms with Crippen molar-refractivity contribution in [2.24, 2.45) is 0 Å². The van der Waals surface area contributed by atoms with Crippen LogP contribution in [0, 0.1) is 0 Å². The van der Waals surface area contributed by atoms with E-state index in [4.69, 9.17) is 0 Å². The quantitative estimate of drug-likeness (QED) is 0.156. The van der Waals surface area contributed by atoms with E-state index in [1.165, 1.54) is 144 Å². The molecule has 0 bridgehead atoms. The third-order valence-corrected chi connectivity index (χ3v) is 18.2. The number of hydrogen-bond acceptors (Lipinski definition) is 0. The van der Waals surface area contributed by atoms with Gasteiger partial charge in [-0.25, -0.2) is 0 Å². The number of rotatable bonds is 6. The highest BCUT2D eigenvalue weighted by molar-refractivity contribution is 6.32. The van der Waals surface area contributed by atoms with Crippen molar-refractivity contribution in [2.75, 3.05) is 0 Å². The molecule has 0 nitrogen and oxygen atoms in total. The molecule has 318 valence electrons. The minimum absolute atomic E-state index is 0.358. The predicted molar refractivity (Wildman–Crippen MR) is 284 cm³/mol. The molecule has 0 saturated heterocycles. The normalized spacial score (nSPS) is 19.6. The van der Waals surface area contributed by atoms with Crippen LogP contribution in [-0.2, 0) is 10.8 Å². The summed E-state index contributed by atoms with van der Waals surface area (Å²) >= 11 is 0. The van der Waals surface area contributed by atoms with Crippen LogP contribution in [-0.4, -0.2) is 0 Å². The van der Waals surface area contributed by atoms with Crippen molar-refractivity contribution in [3.8, 4) is 89.0 Å². The summed E-state index contributed by atoms with van der Waals surface area (Å²) in [6.45, 7) is 4.86. The van der Waals surface area contributed by atoms with Crippen molar-refractivity contribution < 1.29 is 0 Å². The van der Waals surface area contributed by atoms with Gasteiger partial charge < -0.3 is 0 Å². The van der Waals surface area contributed by atoms with Gasteiger partial charge >= 0.3 is 0 Å². The molecule has 0 unspecified atom stereocenters. The molecule has 0 N–H and O–H groups in total. The molecule has 68 heavy (non-hydrogen) atoms. The maximum Gasteiger partial charge on any atom is 0.0359 e. The summed E-state index contributed by atoms with van der Waals surface area (Å²) in [5, 5.41) is 5.28. The highest BCUT2D eigenvalue weighted by Crippen LogP contribution is 2.79. The highest BCUT2D eigenvalue weighted by atomic mass is 14.7. The molecule has 0 heterocycles. The molecule has 2 atom stereocenters. The van der Waals surface area contributed by atoms with E-state index in [9.17, 15) is 0 Å². The molecule has 0 spiro atoms. The summed E-state index contributed by atoms with van der Waals surface area (Å²) in [6, 6.07) is 67.1. The van der Waals surface area contributed by atoms with E-state index in [1.54, 1.807) is 22.3 Å².